The summed E-state index contributed by atoms with van der Waals surface area (Å²) in [6.45, 7) is 6.35. The lowest BCUT2D eigenvalue weighted by atomic mass is 10.0. The molecule has 1 N–H and O–H groups in total. The lowest BCUT2D eigenvalue weighted by Gasteiger charge is -2.24. The Bertz CT molecular complexity index is 218. The number of nitrogens with one attached hydrogen (secondary N) is 1. The molecule has 1 fully saturated rings. The minimum Gasteiger partial charge on any atom is -0.378 e. The van der Waals surface area contributed by atoms with Crippen molar-refractivity contribution in [1.29, 1.82) is 0 Å². The van der Waals surface area contributed by atoms with Gasteiger partial charge in [-0.15, -0.1) is 11.6 Å². The minimum absolute atomic E-state index is 0.00695. The fourth-order valence-electron chi connectivity index (χ4n) is 1.47. The zero-order valence-electron chi connectivity index (χ0n) is 8.97. The van der Waals surface area contributed by atoms with Gasteiger partial charge in [-0.3, -0.25) is 4.79 Å². The van der Waals surface area contributed by atoms with Gasteiger partial charge < -0.3 is 10.1 Å². The highest BCUT2D eigenvalue weighted by Crippen LogP contribution is 2.20. The average molecular weight is 220 g/mol. The van der Waals surface area contributed by atoms with Crippen molar-refractivity contribution in [2.45, 2.75) is 38.8 Å². The number of halogens is 1. The molecule has 1 heterocycles. The van der Waals surface area contributed by atoms with E-state index in [9.17, 15) is 4.79 Å². The van der Waals surface area contributed by atoms with E-state index in [1.165, 1.54) is 0 Å². The van der Waals surface area contributed by atoms with Crippen LogP contribution >= 0.6 is 11.6 Å². The Labute approximate surface area is 90.1 Å². The van der Waals surface area contributed by atoms with Crippen LogP contribution in [0.25, 0.3) is 0 Å². The molecule has 4 heteroatoms. The Morgan fingerprint density at radius 1 is 1.64 bits per heavy atom. The molecule has 14 heavy (non-hydrogen) atoms. The van der Waals surface area contributed by atoms with E-state index in [1.54, 1.807) is 0 Å². The maximum absolute atomic E-state index is 11.7. The number of hydrogen-bond donors (Lipinski definition) is 1. The lowest BCUT2D eigenvalue weighted by molar-refractivity contribution is -0.126. The molecule has 82 valence electrons. The molecular formula is C10H18ClNO2. The van der Waals surface area contributed by atoms with E-state index < -0.39 is 0 Å². The highest BCUT2D eigenvalue weighted by atomic mass is 35.5. The van der Waals surface area contributed by atoms with Crippen LogP contribution in [0, 0.1) is 5.92 Å². The smallest absolute Gasteiger partial charge is 0.225 e. The van der Waals surface area contributed by atoms with Crippen molar-refractivity contribution in [3.63, 3.8) is 0 Å². The summed E-state index contributed by atoms with van der Waals surface area (Å²) in [6, 6.07) is 0. The Morgan fingerprint density at radius 2 is 2.29 bits per heavy atom. The van der Waals surface area contributed by atoms with Crippen molar-refractivity contribution in [1.82, 2.24) is 5.32 Å². The Hall–Kier alpha value is -0.280. The molecule has 0 aromatic carbocycles. The second-order valence-electron chi connectivity index (χ2n) is 4.58. The fourth-order valence-corrected chi connectivity index (χ4v) is 1.54. The van der Waals surface area contributed by atoms with Gasteiger partial charge in [0.05, 0.1) is 18.6 Å². The average Bonchev–Trinajstić information content (AvgIpc) is 2.51. The van der Waals surface area contributed by atoms with Crippen molar-refractivity contribution >= 4 is 17.5 Å². The van der Waals surface area contributed by atoms with Crippen LogP contribution in [-0.4, -0.2) is 30.0 Å². The molecular weight excluding hydrogens is 202 g/mol. The molecule has 2 unspecified atom stereocenters. The Morgan fingerprint density at radius 3 is 2.71 bits per heavy atom. The molecule has 1 amide bonds. The van der Waals surface area contributed by atoms with Gasteiger partial charge in [-0.25, -0.2) is 0 Å². The second kappa shape index (κ2) is 4.49. The van der Waals surface area contributed by atoms with Gasteiger partial charge in [0.2, 0.25) is 5.91 Å². The molecule has 0 bridgehead atoms. The molecule has 0 aromatic rings. The summed E-state index contributed by atoms with van der Waals surface area (Å²) in [5.41, 5.74) is -0.329. The van der Waals surface area contributed by atoms with E-state index in [0.717, 1.165) is 6.42 Å². The molecule has 2 atom stereocenters. The summed E-state index contributed by atoms with van der Waals surface area (Å²) in [5.74, 6) is 0.467. The summed E-state index contributed by atoms with van der Waals surface area (Å²) in [6.07, 6.45) is 1.01. The van der Waals surface area contributed by atoms with E-state index in [0.29, 0.717) is 12.5 Å². The fraction of sp³-hybridized carbons (Fsp3) is 0.900. The molecule has 0 saturated carbocycles. The Kier molecular flexibility index (Phi) is 3.78. The standard InChI is InChI=1S/C10H18ClNO2/c1-7-4-8(5-14-7)9(13)12-10(2,3)6-11/h7-8H,4-6H2,1-3H3,(H,12,13). The van der Waals surface area contributed by atoms with Gasteiger partial charge in [-0.1, -0.05) is 0 Å². The quantitative estimate of drug-likeness (QED) is 0.732. The van der Waals surface area contributed by atoms with Crippen LogP contribution in [-0.2, 0) is 9.53 Å². The SMILES string of the molecule is CC1CC(C(=O)NC(C)(C)CCl)CO1. The van der Waals surface area contributed by atoms with Crippen molar-refractivity contribution in [2.24, 2.45) is 5.92 Å². The zero-order valence-corrected chi connectivity index (χ0v) is 9.73. The highest BCUT2D eigenvalue weighted by Gasteiger charge is 2.31. The molecule has 0 spiro atoms. The van der Waals surface area contributed by atoms with Crippen molar-refractivity contribution < 1.29 is 9.53 Å². The lowest BCUT2D eigenvalue weighted by Crippen LogP contribution is -2.47. The number of alkyl halides is 1. The topological polar surface area (TPSA) is 38.3 Å². The van der Waals surface area contributed by atoms with Crippen LogP contribution in [0.15, 0.2) is 0 Å². The number of carbonyl (C=O) groups excluding carboxylic acids is 1. The van der Waals surface area contributed by atoms with Crippen LogP contribution in [0.1, 0.15) is 27.2 Å². The van der Waals surface area contributed by atoms with Crippen molar-refractivity contribution in [3.8, 4) is 0 Å². The van der Waals surface area contributed by atoms with Gasteiger partial charge in [-0.05, 0) is 27.2 Å². The van der Waals surface area contributed by atoms with Gasteiger partial charge in [0, 0.05) is 11.4 Å². The number of hydrogen-bond acceptors (Lipinski definition) is 2. The van der Waals surface area contributed by atoms with Crippen LogP contribution in [0.4, 0.5) is 0 Å². The van der Waals surface area contributed by atoms with Crippen molar-refractivity contribution in [3.05, 3.63) is 0 Å². The molecule has 3 nitrogen and oxygen atoms in total. The third kappa shape index (κ3) is 3.14. The normalized spacial score (nSPS) is 27.7. The molecule has 0 aromatic heterocycles. The minimum atomic E-state index is -0.329. The van der Waals surface area contributed by atoms with Crippen LogP contribution in [0.3, 0.4) is 0 Å². The van der Waals surface area contributed by atoms with Crippen LogP contribution in [0.2, 0.25) is 0 Å². The summed E-state index contributed by atoms with van der Waals surface area (Å²) >= 11 is 5.73. The predicted octanol–water partition coefficient (Wildman–Crippen LogP) is 1.55. The molecule has 1 saturated heterocycles. The van der Waals surface area contributed by atoms with E-state index in [1.807, 2.05) is 20.8 Å². The first-order chi connectivity index (χ1) is 6.44. The molecule has 1 aliphatic heterocycles. The number of carbonyl (C=O) groups is 1. The van der Waals surface area contributed by atoms with Crippen molar-refractivity contribution in [2.75, 3.05) is 12.5 Å². The van der Waals surface area contributed by atoms with E-state index in [2.05, 4.69) is 5.32 Å². The predicted molar refractivity (Wildman–Crippen MR) is 56.5 cm³/mol. The molecule has 0 aliphatic carbocycles. The van der Waals surface area contributed by atoms with Gasteiger partial charge in [0.15, 0.2) is 0 Å². The Balaban J connectivity index is 2.43. The summed E-state index contributed by atoms with van der Waals surface area (Å²) in [4.78, 5) is 11.7. The first-order valence-corrected chi connectivity index (χ1v) is 5.47. The molecule has 0 radical (unpaired) electrons. The van der Waals surface area contributed by atoms with E-state index in [4.69, 9.17) is 16.3 Å². The maximum atomic E-state index is 11.7. The van der Waals surface area contributed by atoms with Gasteiger partial charge in [0.1, 0.15) is 0 Å². The number of ether oxygens (including phenoxy) is 1. The summed E-state index contributed by atoms with van der Waals surface area (Å²) in [5, 5.41) is 2.92. The third-order valence-corrected chi connectivity index (χ3v) is 3.03. The second-order valence-corrected chi connectivity index (χ2v) is 4.85. The highest BCUT2D eigenvalue weighted by molar-refractivity contribution is 6.18. The van der Waals surface area contributed by atoms with E-state index in [-0.39, 0.29) is 23.5 Å². The largest absolute Gasteiger partial charge is 0.378 e. The number of rotatable bonds is 3. The van der Waals surface area contributed by atoms with Gasteiger partial charge in [-0.2, -0.15) is 0 Å². The monoisotopic (exact) mass is 219 g/mol. The van der Waals surface area contributed by atoms with Gasteiger partial charge in [0.25, 0.3) is 0 Å². The zero-order chi connectivity index (χ0) is 10.8. The first kappa shape index (κ1) is 11.8. The number of amides is 1. The maximum Gasteiger partial charge on any atom is 0.225 e. The summed E-state index contributed by atoms with van der Waals surface area (Å²) < 4.78 is 5.34. The molecule has 1 rings (SSSR count). The van der Waals surface area contributed by atoms with Crippen LogP contribution in [0.5, 0.6) is 0 Å². The summed E-state index contributed by atoms with van der Waals surface area (Å²) in [7, 11) is 0. The van der Waals surface area contributed by atoms with E-state index >= 15 is 0 Å². The van der Waals surface area contributed by atoms with Crippen LogP contribution < -0.4 is 5.32 Å². The van der Waals surface area contributed by atoms with Gasteiger partial charge >= 0.3 is 0 Å². The molecule has 1 aliphatic rings. The third-order valence-electron chi connectivity index (χ3n) is 2.36. The first-order valence-electron chi connectivity index (χ1n) is 4.94.